The zero-order valence-electron chi connectivity index (χ0n) is 32.6. The van der Waals surface area contributed by atoms with E-state index >= 15 is 0 Å². The van der Waals surface area contributed by atoms with Crippen LogP contribution in [-0.2, 0) is 43.2 Å². The van der Waals surface area contributed by atoms with E-state index < -0.39 is 109 Å². The number of nitrogens with one attached hydrogen (secondary N) is 6. The molecule has 2 fully saturated rings. The molecule has 0 bridgehead atoms. The molecule has 2 rings (SSSR count). The Hall–Kier alpha value is -4.89. The first-order chi connectivity index (χ1) is 26.5. The maximum absolute atomic E-state index is 13.6. The Labute approximate surface area is 326 Å². The molecule has 0 unspecified atom stereocenters. The van der Waals surface area contributed by atoms with Crippen LogP contribution in [0.15, 0.2) is 0 Å². The molecule has 0 aromatic carbocycles. The van der Waals surface area contributed by atoms with Crippen LogP contribution in [0.1, 0.15) is 79.1 Å². The highest BCUT2D eigenvalue weighted by molar-refractivity contribution is 5.97. The zero-order valence-corrected chi connectivity index (χ0v) is 32.6. The number of hydrogen-bond acceptors (Lipinski definition) is 12. The van der Waals surface area contributed by atoms with Crippen molar-refractivity contribution in [3.63, 3.8) is 0 Å². The van der Waals surface area contributed by atoms with Crippen molar-refractivity contribution < 1.29 is 53.4 Å². The van der Waals surface area contributed by atoms with Crippen LogP contribution in [0.25, 0.3) is 0 Å². The number of amides is 8. The molecule has 21 heteroatoms. The van der Waals surface area contributed by atoms with Crippen LogP contribution in [0.3, 0.4) is 0 Å². The van der Waals surface area contributed by atoms with Gasteiger partial charge < -0.3 is 63.4 Å². The highest BCUT2D eigenvalue weighted by Gasteiger charge is 2.40. The number of nitrogens with zero attached hydrogens (tertiary/aromatic N) is 2. The Morgan fingerprint density at radius 2 is 1.27 bits per heavy atom. The number of likely N-dealkylation sites (tertiary alicyclic amines) is 2. The molecule has 0 aromatic heterocycles. The molecule has 2 saturated heterocycles. The number of aliphatic carboxylic acids is 1. The van der Waals surface area contributed by atoms with Crippen molar-refractivity contribution >= 4 is 53.2 Å². The van der Waals surface area contributed by atoms with Gasteiger partial charge in [0.05, 0.1) is 25.7 Å². The van der Waals surface area contributed by atoms with E-state index in [4.69, 9.17) is 16.6 Å². The Bertz CT molecular complexity index is 1430. The summed E-state index contributed by atoms with van der Waals surface area (Å²) in [6, 6.07) is -7.49. The van der Waals surface area contributed by atoms with E-state index in [9.17, 15) is 48.3 Å². The van der Waals surface area contributed by atoms with Gasteiger partial charge in [-0.1, -0.05) is 20.3 Å². The van der Waals surface area contributed by atoms with Crippen molar-refractivity contribution in [3.8, 4) is 0 Å². The number of aliphatic hydroxyl groups excluding tert-OH is 1. The van der Waals surface area contributed by atoms with Crippen molar-refractivity contribution in [2.45, 2.75) is 121 Å². The van der Waals surface area contributed by atoms with Crippen LogP contribution in [-0.4, -0.2) is 155 Å². The minimum atomic E-state index is -1.50. The van der Waals surface area contributed by atoms with Crippen molar-refractivity contribution in [2.75, 3.05) is 39.3 Å². The fourth-order valence-corrected chi connectivity index (χ4v) is 6.30. The van der Waals surface area contributed by atoms with E-state index in [-0.39, 0.29) is 31.2 Å². The van der Waals surface area contributed by atoms with Gasteiger partial charge in [-0.05, 0) is 71.3 Å². The quantitative estimate of drug-likeness (QED) is 0.0465. The maximum atomic E-state index is 13.6. The number of unbranched alkanes of at least 4 members (excludes halogenated alkanes) is 1. The van der Waals surface area contributed by atoms with Gasteiger partial charge in [-0.15, -0.1) is 0 Å². The molecular formula is C35H60N10O11. The van der Waals surface area contributed by atoms with Crippen molar-refractivity contribution in [2.24, 2.45) is 17.4 Å². The van der Waals surface area contributed by atoms with Gasteiger partial charge in [0.2, 0.25) is 47.3 Å². The van der Waals surface area contributed by atoms with Gasteiger partial charge in [-0.25, -0.2) is 0 Å². The van der Waals surface area contributed by atoms with Crippen molar-refractivity contribution in [1.29, 1.82) is 0 Å². The van der Waals surface area contributed by atoms with Crippen molar-refractivity contribution in [3.05, 3.63) is 0 Å². The molecule has 0 saturated carbocycles. The molecule has 21 nitrogen and oxygen atoms in total. The van der Waals surface area contributed by atoms with E-state index in [2.05, 4.69) is 31.9 Å². The van der Waals surface area contributed by atoms with Gasteiger partial charge in [0.15, 0.2) is 0 Å². The monoisotopic (exact) mass is 796 g/mol. The van der Waals surface area contributed by atoms with Crippen LogP contribution in [0.5, 0.6) is 0 Å². The fraction of sp³-hybridized carbons (Fsp3) is 0.743. The first-order valence-corrected chi connectivity index (χ1v) is 19.1. The lowest BCUT2D eigenvalue weighted by Gasteiger charge is -2.31. The second kappa shape index (κ2) is 23.2. The van der Waals surface area contributed by atoms with Gasteiger partial charge >= 0.3 is 5.97 Å². The highest BCUT2D eigenvalue weighted by atomic mass is 16.4. The number of aliphatic hydroxyl groups is 1. The van der Waals surface area contributed by atoms with E-state index in [1.54, 1.807) is 0 Å². The number of nitrogens with two attached hydrogens (primary N) is 2. The SMILES string of the molecule is CC[C@H](C)[C@H](N)C(=O)N1CCC[C@H]1C(=O)N[C@@H](CCCCN)C(=O)N[C@@H](C)C(=O)N1CCC[C@H]1C(=O)N[C@@H](CO)C(=O)NCC(=O)NCC(=O)N[C@@H](C)C(=O)O. The lowest BCUT2D eigenvalue weighted by Crippen LogP contribution is -2.59. The molecule has 0 radical (unpaired) electrons. The summed E-state index contributed by atoms with van der Waals surface area (Å²) in [5.74, 6) is -6.69. The molecule has 2 aliphatic heterocycles. The number of carbonyl (C=O) groups is 9. The van der Waals surface area contributed by atoms with Crippen LogP contribution >= 0.6 is 0 Å². The minimum Gasteiger partial charge on any atom is -0.480 e. The lowest BCUT2D eigenvalue weighted by molar-refractivity contribution is -0.143. The predicted molar refractivity (Wildman–Crippen MR) is 200 cm³/mol. The first-order valence-electron chi connectivity index (χ1n) is 19.1. The fourth-order valence-electron chi connectivity index (χ4n) is 6.30. The Balaban J connectivity index is 2.00. The number of carboxylic acids is 1. The summed E-state index contributed by atoms with van der Waals surface area (Å²) in [4.78, 5) is 117. The van der Waals surface area contributed by atoms with Gasteiger partial charge in [-0.3, -0.25) is 43.2 Å². The topological polar surface area (TPSA) is 325 Å². The molecule has 316 valence electrons. The number of carbonyl (C=O) groups excluding carboxylic acids is 8. The minimum absolute atomic E-state index is 0.0874. The molecule has 0 spiro atoms. The molecular weight excluding hydrogens is 736 g/mol. The Kier molecular flexibility index (Phi) is 19.6. The molecule has 56 heavy (non-hydrogen) atoms. The van der Waals surface area contributed by atoms with Gasteiger partial charge in [0.25, 0.3) is 0 Å². The predicted octanol–water partition coefficient (Wildman–Crippen LogP) is -4.24. The van der Waals surface area contributed by atoms with E-state index in [0.717, 1.165) is 0 Å². The third kappa shape index (κ3) is 14.0. The normalized spacial score (nSPS) is 19.7. The third-order valence-electron chi connectivity index (χ3n) is 9.96. The van der Waals surface area contributed by atoms with Crippen LogP contribution in [0.4, 0.5) is 0 Å². The number of rotatable bonds is 22. The number of hydrogen-bond donors (Lipinski definition) is 10. The molecule has 12 N–H and O–H groups in total. The summed E-state index contributed by atoms with van der Waals surface area (Å²) >= 11 is 0. The summed E-state index contributed by atoms with van der Waals surface area (Å²) in [6.07, 6.45) is 3.61. The standard InChI is InChI=1S/C35H60N10O11/c1-5-19(2)28(37)34(54)45-15-9-12-25(45)31(51)42-22(10-6-7-13-36)30(50)41-20(3)33(53)44-14-8-11-24(44)32(52)43-23(18-46)29(49)39-16-26(47)38-17-27(48)40-21(4)35(55)56/h19-25,28,46H,5-18,36-37H2,1-4H3,(H,38,47)(H,39,49)(H,40,48)(H,41,50)(H,42,51)(H,43,52)(H,55,56)/t19-,20-,21-,22-,23-,24-,25-,28-/m0/s1. The summed E-state index contributed by atoms with van der Waals surface area (Å²) < 4.78 is 0. The maximum Gasteiger partial charge on any atom is 0.325 e. The number of carboxylic acid groups (broad SMARTS) is 1. The van der Waals surface area contributed by atoms with Gasteiger partial charge in [0.1, 0.15) is 36.3 Å². The molecule has 2 aliphatic rings. The summed E-state index contributed by atoms with van der Waals surface area (Å²) in [5, 5.41) is 33.0. The second-order valence-corrected chi connectivity index (χ2v) is 14.2. The van der Waals surface area contributed by atoms with E-state index in [0.29, 0.717) is 51.6 Å². The van der Waals surface area contributed by atoms with Crippen molar-refractivity contribution in [1.82, 2.24) is 41.7 Å². The first kappa shape index (κ1) is 47.3. The van der Waals surface area contributed by atoms with Gasteiger partial charge in [0, 0.05) is 13.1 Å². The molecule has 8 atom stereocenters. The molecule has 0 aromatic rings. The average Bonchev–Trinajstić information content (AvgIpc) is 3.87. The lowest BCUT2D eigenvalue weighted by atomic mass is 9.98. The Morgan fingerprint density at radius 1 is 0.714 bits per heavy atom. The summed E-state index contributed by atoms with van der Waals surface area (Å²) in [7, 11) is 0. The highest BCUT2D eigenvalue weighted by Crippen LogP contribution is 2.22. The Morgan fingerprint density at radius 3 is 1.80 bits per heavy atom. The smallest absolute Gasteiger partial charge is 0.325 e. The van der Waals surface area contributed by atoms with Gasteiger partial charge in [-0.2, -0.15) is 0 Å². The molecule has 0 aliphatic carbocycles. The van der Waals surface area contributed by atoms with E-state index in [1.807, 2.05) is 13.8 Å². The largest absolute Gasteiger partial charge is 0.480 e. The summed E-state index contributed by atoms with van der Waals surface area (Å²) in [6.45, 7) is 5.30. The van der Waals surface area contributed by atoms with Crippen LogP contribution in [0, 0.1) is 5.92 Å². The summed E-state index contributed by atoms with van der Waals surface area (Å²) in [5.41, 5.74) is 11.8. The van der Waals surface area contributed by atoms with Crippen LogP contribution in [0.2, 0.25) is 0 Å². The second-order valence-electron chi connectivity index (χ2n) is 14.2. The average molecular weight is 797 g/mol. The van der Waals surface area contributed by atoms with E-state index in [1.165, 1.54) is 23.6 Å². The van der Waals surface area contributed by atoms with Crippen LogP contribution < -0.4 is 43.4 Å². The molecule has 8 amide bonds. The molecule has 2 heterocycles. The zero-order chi connectivity index (χ0) is 42.1. The third-order valence-corrected chi connectivity index (χ3v) is 9.96.